The highest BCUT2D eigenvalue weighted by Crippen LogP contribution is 2.31. The van der Waals surface area contributed by atoms with Gasteiger partial charge >= 0.3 is 0 Å². The molecule has 0 radical (unpaired) electrons. The van der Waals surface area contributed by atoms with Crippen LogP contribution in [0.4, 0.5) is 0 Å². The predicted molar refractivity (Wildman–Crippen MR) is 193 cm³/mol. The third-order valence-corrected chi connectivity index (χ3v) is 9.26. The van der Waals surface area contributed by atoms with E-state index in [1.807, 2.05) is 0 Å². The van der Waals surface area contributed by atoms with Gasteiger partial charge in [0.1, 0.15) is 18.2 Å². The summed E-state index contributed by atoms with van der Waals surface area (Å²) < 4.78 is 0. The smallest absolute Gasteiger partial charge is 0.131 e. The van der Waals surface area contributed by atoms with E-state index >= 15 is 0 Å². The van der Waals surface area contributed by atoms with Gasteiger partial charge in [0.15, 0.2) is 0 Å². The minimum atomic E-state index is -0.205. The van der Waals surface area contributed by atoms with Crippen LogP contribution < -0.4 is 10.6 Å². The Bertz CT molecular complexity index is 2460. The maximum Gasteiger partial charge on any atom is 0.131 e. The first-order chi connectivity index (χ1) is 22.7. The highest BCUT2D eigenvalue weighted by Gasteiger charge is 2.26. The number of fused-ring (bicyclic) bond motifs is 4. The first-order valence-electron chi connectivity index (χ1n) is 15.8. The van der Waals surface area contributed by atoms with Gasteiger partial charge in [-0.2, -0.15) is 0 Å². The minimum Gasteiger partial charge on any atom is -0.350 e. The lowest BCUT2D eigenvalue weighted by atomic mass is 9.97. The van der Waals surface area contributed by atoms with Gasteiger partial charge in [-0.05, 0) is 95.7 Å². The van der Waals surface area contributed by atoms with Gasteiger partial charge in [-0.3, -0.25) is 5.32 Å². The van der Waals surface area contributed by atoms with Gasteiger partial charge in [-0.25, -0.2) is 4.99 Å². The Morgan fingerprint density at radius 3 is 1.39 bits per heavy atom. The summed E-state index contributed by atoms with van der Waals surface area (Å²) in [5.74, 6) is 0.885. The summed E-state index contributed by atoms with van der Waals surface area (Å²) >= 11 is 0. The SMILES string of the molecule is c1ccc2cc(-c3ccc4cc(C5=NC(c6ccc7ccccc7c6)NC(c6ccc7ccccc7c6)N5)ccc4c3)ccc2c1. The fourth-order valence-electron chi connectivity index (χ4n) is 6.75. The summed E-state index contributed by atoms with van der Waals surface area (Å²) in [5.41, 5.74) is 5.84. The van der Waals surface area contributed by atoms with Gasteiger partial charge in [0.05, 0.1) is 0 Å². The predicted octanol–water partition coefficient (Wildman–Crippen LogP) is 10.3. The second kappa shape index (κ2) is 11.0. The third-order valence-electron chi connectivity index (χ3n) is 9.26. The Balaban J connectivity index is 1.10. The van der Waals surface area contributed by atoms with Crippen molar-refractivity contribution in [3.05, 3.63) is 180 Å². The van der Waals surface area contributed by atoms with Crippen LogP contribution >= 0.6 is 0 Å². The Kier molecular flexibility index (Phi) is 6.36. The molecule has 218 valence electrons. The van der Waals surface area contributed by atoms with E-state index in [2.05, 4.69) is 174 Å². The molecule has 9 rings (SSSR count). The number of hydrogen-bond donors (Lipinski definition) is 2. The van der Waals surface area contributed by atoms with Crippen LogP contribution in [0, 0.1) is 0 Å². The van der Waals surface area contributed by atoms with Gasteiger partial charge in [0, 0.05) is 5.56 Å². The first-order valence-corrected chi connectivity index (χ1v) is 15.8. The molecule has 0 aliphatic carbocycles. The van der Waals surface area contributed by atoms with Crippen LogP contribution in [0.5, 0.6) is 0 Å². The van der Waals surface area contributed by atoms with Crippen LogP contribution in [0.25, 0.3) is 54.2 Å². The molecule has 0 aromatic heterocycles. The average Bonchev–Trinajstić information content (AvgIpc) is 3.13. The quantitative estimate of drug-likeness (QED) is 0.214. The van der Waals surface area contributed by atoms with Crippen molar-refractivity contribution >= 4 is 48.9 Å². The molecule has 1 aliphatic rings. The van der Waals surface area contributed by atoms with Crippen molar-refractivity contribution in [3.8, 4) is 11.1 Å². The van der Waals surface area contributed by atoms with Crippen LogP contribution in [0.2, 0.25) is 0 Å². The molecule has 1 heterocycles. The summed E-state index contributed by atoms with van der Waals surface area (Å²) in [7, 11) is 0. The molecule has 0 saturated carbocycles. The highest BCUT2D eigenvalue weighted by molar-refractivity contribution is 6.03. The van der Waals surface area contributed by atoms with Gasteiger partial charge in [-0.15, -0.1) is 0 Å². The monoisotopic (exact) mass is 589 g/mol. The lowest BCUT2D eigenvalue weighted by Crippen LogP contribution is -2.44. The molecular weight excluding hydrogens is 558 g/mol. The fourth-order valence-corrected chi connectivity index (χ4v) is 6.75. The molecule has 8 aromatic rings. The molecule has 46 heavy (non-hydrogen) atoms. The lowest BCUT2D eigenvalue weighted by Gasteiger charge is -2.32. The molecule has 0 bridgehead atoms. The van der Waals surface area contributed by atoms with E-state index in [9.17, 15) is 0 Å². The van der Waals surface area contributed by atoms with E-state index in [-0.39, 0.29) is 12.3 Å². The molecule has 0 amide bonds. The Hall–Kier alpha value is -5.77. The van der Waals surface area contributed by atoms with Crippen molar-refractivity contribution in [3.63, 3.8) is 0 Å². The van der Waals surface area contributed by atoms with Crippen LogP contribution in [-0.2, 0) is 0 Å². The van der Waals surface area contributed by atoms with E-state index < -0.39 is 0 Å². The van der Waals surface area contributed by atoms with Crippen molar-refractivity contribution in [1.82, 2.24) is 10.6 Å². The molecule has 8 aromatic carbocycles. The van der Waals surface area contributed by atoms with E-state index in [1.54, 1.807) is 0 Å². The van der Waals surface area contributed by atoms with Gasteiger partial charge in [0.25, 0.3) is 0 Å². The average molecular weight is 590 g/mol. The summed E-state index contributed by atoms with van der Waals surface area (Å²) in [6.45, 7) is 0. The second-order valence-corrected chi connectivity index (χ2v) is 12.2. The number of nitrogens with one attached hydrogen (secondary N) is 2. The van der Waals surface area contributed by atoms with Crippen molar-refractivity contribution in [1.29, 1.82) is 0 Å². The lowest BCUT2D eigenvalue weighted by molar-refractivity contribution is 0.409. The zero-order valence-corrected chi connectivity index (χ0v) is 25.2. The summed E-state index contributed by atoms with van der Waals surface area (Å²) in [6, 6.07) is 59.0. The summed E-state index contributed by atoms with van der Waals surface area (Å²) in [6.07, 6.45) is -0.317. The molecule has 0 spiro atoms. The summed E-state index contributed by atoms with van der Waals surface area (Å²) in [4.78, 5) is 5.26. The van der Waals surface area contributed by atoms with Gasteiger partial charge in [-0.1, -0.05) is 133 Å². The standard InChI is InChI=1S/C43H31N3/c1-4-10-31-23-34(16-13-28(31)7-1)35-17-18-37-27-40(22-19-36(37)24-35)43-45-41(38-20-14-29-8-2-5-11-32(29)25-38)44-42(46-43)39-21-15-30-9-3-6-12-33(30)26-39/h1-27,41-42,44H,(H,45,46). The van der Waals surface area contributed by atoms with Crippen LogP contribution in [-0.4, -0.2) is 5.84 Å². The van der Waals surface area contributed by atoms with E-state index in [4.69, 9.17) is 4.99 Å². The molecule has 0 fully saturated rings. The number of benzene rings is 8. The Morgan fingerprint density at radius 1 is 0.370 bits per heavy atom. The Labute approximate surface area is 267 Å². The molecular formula is C43H31N3. The summed E-state index contributed by atoms with van der Waals surface area (Å²) in [5, 5.41) is 17.4. The molecule has 2 unspecified atom stereocenters. The third kappa shape index (κ3) is 4.88. The highest BCUT2D eigenvalue weighted by atomic mass is 15.3. The topological polar surface area (TPSA) is 36.4 Å². The van der Waals surface area contributed by atoms with Crippen molar-refractivity contribution in [2.75, 3.05) is 0 Å². The molecule has 2 atom stereocenters. The fraction of sp³-hybridized carbons (Fsp3) is 0.0465. The van der Waals surface area contributed by atoms with Gasteiger partial charge in [0.2, 0.25) is 0 Å². The normalized spacial score (nSPS) is 16.5. The first kappa shape index (κ1) is 26.6. The van der Waals surface area contributed by atoms with Crippen LogP contribution in [0.1, 0.15) is 29.0 Å². The number of hydrogen-bond acceptors (Lipinski definition) is 3. The number of amidine groups is 1. The molecule has 2 N–H and O–H groups in total. The minimum absolute atomic E-state index is 0.112. The van der Waals surface area contributed by atoms with Crippen molar-refractivity contribution < 1.29 is 0 Å². The van der Waals surface area contributed by atoms with Gasteiger partial charge < -0.3 is 5.32 Å². The van der Waals surface area contributed by atoms with E-state index in [0.717, 1.165) is 17.0 Å². The number of rotatable bonds is 4. The maximum absolute atomic E-state index is 5.26. The van der Waals surface area contributed by atoms with E-state index in [1.165, 1.54) is 59.8 Å². The second-order valence-electron chi connectivity index (χ2n) is 12.2. The van der Waals surface area contributed by atoms with Crippen molar-refractivity contribution in [2.45, 2.75) is 12.3 Å². The maximum atomic E-state index is 5.26. The molecule has 3 nitrogen and oxygen atoms in total. The number of aliphatic imine (C=N–C) groups is 1. The molecule has 1 aliphatic heterocycles. The Morgan fingerprint density at radius 2 is 0.783 bits per heavy atom. The van der Waals surface area contributed by atoms with Crippen molar-refractivity contribution in [2.24, 2.45) is 4.99 Å². The molecule has 0 saturated heterocycles. The largest absolute Gasteiger partial charge is 0.350 e. The zero-order chi connectivity index (χ0) is 30.5. The molecule has 3 heteroatoms. The van der Waals surface area contributed by atoms with E-state index in [0.29, 0.717) is 0 Å². The van der Waals surface area contributed by atoms with Crippen LogP contribution in [0.3, 0.4) is 0 Å². The van der Waals surface area contributed by atoms with Crippen LogP contribution in [0.15, 0.2) is 169 Å². The zero-order valence-electron chi connectivity index (χ0n) is 25.2. The number of nitrogens with zero attached hydrogens (tertiary/aromatic N) is 1.